The molecule has 0 atom stereocenters. The summed E-state index contributed by atoms with van der Waals surface area (Å²) in [4.78, 5) is 22.4. The minimum absolute atomic E-state index is 0.0317. The van der Waals surface area contributed by atoms with E-state index >= 15 is 0 Å². The summed E-state index contributed by atoms with van der Waals surface area (Å²) < 4.78 is 5.04. The minimum Gasteiger partial charge on any atom is -0.464 e. The molecule has 0 heterocycles. The van der Waals surface area contributed by atoms with Gasteiger partial charge in [0.2, 0.25) is 5.91 Å². The summed E-state index contributed by atoms with van der Waals surface area (Å²) >= 11 is 0. The van der Waals surface area contributed by atoms with Crippen LogP contribution in [0.1, 0.15) is 30.9 Å². The molecule has 4 heteroatoms. The monoisotopic (exact) mass is 263 g/mol. The maximum Gasteiger partial charge on any atom is 0.306 e. The van der Waals surface area contributed by atoms with Crippen molar-refractivity contribution >= 4 is 11.9 Å². The van der Waals surface area contributed by atoms with Gasteiger partial charge in [0.05, 0.1) is 6.54 Å². The lowest BCUT2D eigenvalue weighted by Crippen LogP contribution is -2.27. The average Bonchev–Trinajstić information content (AvgIpc) is 2.41. The summed E-state index contributed by atoms with van der Waals surface area (Å²) in [6, 6.07) is 8.07. The van der Waals surface area contributed by atoms with Crippen molar-refractivity contribution in [3.63, 3.8) is 0 Å². The van der Waals surface area contributed by atoms with Crippen LogP contribution in [0.4, 0.5) is 0 Å². The zero-order chi connectivity index (χ0) is 14.1. The van der Waals surface area contributed by atoms with Crippen LogP contribution in [0.2, 0.25) is 0 Å². The van der Waals surface area contributed by atoms with Gasteiger partial charge in [0.25, 0.3) is 0 Å². The van der Waals surface area contributed by atoms with Gasteiger partial charge in [-0.1, -0.05) is 36.8 Å². The molecular weight excluding hydrogens is 242 g/mol. The van der Waals surface area contributed by atoms with Crippen molar-refractivity contribution in [2.24, 2.45) is 0 Å². The van der Waals surface area contributed by atoms with Crippen LogP contribution in [0, 0.1) is 6.92 Å². The molecule has 0 aliphatic carbocycles. The Labute approximate surface area is 114 Å². The van der Waals surface area contributed by atoms with E-state index in [9.17, 15) is 9.59 Å². The van der Waals surface area contributed by atoms with Gasteiger partial charge in [-0.15, -0.1) is 0 Å². The fraction of sp³-hybridized carbons (Fsp3) is 0.467. The normalized spacial score (nSPS) is 10.0. The maximum absolute atomic E-state index is 11.5. The summed E-state index contributed by atoms with van der Waals surface area (Å²) in [5.41, 5.74) is 2.32. The number of carbonyl (C=O) groups is 2. The number of nitrogens with one attached hydrogen (secondary N) is 1. The SMILES string of the molecule is CCC(=O)NCCOC(=O)CCc1cccc(C)c1. The molecule has 0 saturated heterocycles. The molecule has 0 aliphatic rings. The first-order chi connectivity index (χ1) is 9.11. The van der Waals surface area contributed by atoms with Crippen molar-refractivity contribution in [2.75, 3.05) is 13.2 Å². The number of benzene rings is 1. The van der Waals surface area contributed by atoms with Gasteiger partial charge >= 0.3 is 5.97 Å². The molecule has 4 nitrogen and oxygen atoms in total. The molecule has 104 valence electrons. The molecule has 0 bridgehead atoms. The van der Waals surface area contributed by atoms with Gasteiger partial charge in [-0.3, -0.25) is 9.59 Å². The van der Waals surface area contributed by atoms with Crippen LogP contribution >= 0.6 is 0 Å². The van der Waals surface area contributed by atoms with E-state index in [-0.39, 0.29) is 18.5 Å². The lowest BCUT2D eigenvalue weighted by Gasteiger charge is -2.06. The first kappa shape index (κ1) is 15.2. The molecule has 1 rings (SSSR count). The average molecular weight is 263 g/mol. The molecule has 0 aromatic heterocycles. The Bertz CT molecular complexity index is 429. The van der Waals surface area contributed by atoms with Gasteiger partial charge in [-0.2, -0.15) is 0 Å². The third-order valence-corrected chi connectivity index (χ3v) is 2.71. The van der Waals surface area contributed by atoms with E-state index in [0.29, 0.717) is 25.8 Å². The predicted octanol–water partition coefficient (Wildman–Crippen LogP) is 2.00. The molecule has 0 fully saturated rings. The Hall–Kier alpha value is -1.84. The van der Waals surface area contributed by atoms with E-state index < -0.39 is 0 Å². The molecule has 0 unspecified atom stereocenters. The van der Waals surface area contributed by atoms with Crippen molar-refractivity contribution in [3.05, 3.63) is 35.4 Å². The summed E-state index contributed by atoms with van der Waals surface area (Å²) in [6.45, 7) is 4.42. The van der Waals surface area contributed by atoms with Crippen molar-refractivity contribution in [2.45, 2.75) is 33.1 Å². The molecule has 0 spiro atoms. The van der Waals surface area contributed by atoms with E-state index in [1.54, 1.807) is 6.92 Å². The molecule has 0 aliphatic heterocycles. The Morgan fingerprint density at radius 2 is 2.11 bits per heavy atom. The Morgan fingerprint density at radius 1 is 1.32 bits per heavy atom. The van der Waals surface area contributed by atoms with E-state index in [2.05, 4.69) is 11.4 Å². The standard InChI is InChI=1S/C15H21NO3/c1-3-14(17)16-9-10-19-15(18)8-7-13-6-4-5-12(2)11-13/h4-6,11H,3,7-10H2,1-2H3,(H,16,17). The number of hydrogen-bond acceptors (Lipinski definition) is 3. The van der Waals surface area contributed by atoms with E-state index in [4.69, 9.17) is 4.74 Å². The van der Waals surface area contributed by atoms with Crippen LogP contribution in [0.25, 0.3) is 0 Å². The number of carbonyl (C=O) groups excluding carboxylic acids is 2. The fourth-order valence-electron chi connectivity index (χ4n) is 1.67. The first-order valence-corrected chi connectivity index (χ1v) is 6.59. The van der Waals surface area contributed by atoms with Crippen LogP contribution < -0.4 is 5.32 Å². The van der Waals surface area contributed by atoms with Crippen molar-refractivity contribution in [3.8, 4) is 0 Å². The second-order valence-electron chi connectivity index (χ2n) is 4.41. The Morgan fingerprint density at radius 3 is 2.79 bits per heavy atom. The van der Waals surface area contributed by atoms with Crippen LogP contribution in [0.15, 0.2) is 24.3 Å². The molecule has 1 aromatic rings. The van der Waals surface area contributed by atoms with Gasteiger partial charge in [0.15, 0.2) is 0 Å². The largest absolute Gasteiger partial charge is 0.464 e. The highest BCUT2D eigenvalue weighted by Gasteiger charge is 2.04. The molecule has 0 saturated carbocycles. The van der Waals surface area contributed by atoms with Crippen molar-refractivity contribution in [1.82, 2.24) is 5.32 Å². The number of aryl methyl sites for hydroxylation is 2. The van der Waals surface area contributed by atoms with Crippen LogP contribution in [0.5, 0.6) is 0 Å². The van der Waals surface area contributed by atoms with Crippen LogP contribution in [0.3, 0.4) is 0 Å². The highest BCUT2D eigenvalue weighted by Crippen LogP contribution is 2.06. The van der Waals surface area contributed by atoms with E-state index in [1.165, 1.54) is 5.56 Å². The van der Waals surface area contributed by atoms with E-state index in [1.807, 2.05) is 25.1 Å². The number of amides is 1. The van der Waals surface area contributed by atoms with Gasteiger partial charge in [0, 0.05) is 12.8 Å². The molecule has 0 radical (unpaired) electrons. The van der Waals surface area contributed by atoms with E-state index in [0.717, 1.165) is 5.56 Å². The van der Waals surface area contributed by atoms with Gasteiger partial charge in [0.1, 0.15) is 6.61 Å². The van der Waals surface area contributed by atoms with Crippen LogP contribution in [-0.2, 0) is 20.7 Å². The topological polar surface area (TPSA) is 55.4 Å². The molecule has 19 heavy (non-hydrogen) atoms. The summed E-state index contributed by atoms with van der Waals surface area (Å²) in [5, 5.41) is 2.65. The van der Waals surface area contributed by atoms with Gasteiger partial charge in [-0.25, -0.2) is 0 Å². The minimum atomic E-state index is -0.229. The second-order valence-corrected chi connectivity index (χ2v) is 4.41. The number of ether oxygens (including phenoxy) is 1. The van der Waals surface area contributed by atoms with Crippen LogP contribution in [-0.4, -0.2) is 25.0 Å². The first-order valence-electron chi connectivity index (χ1n) is 6.59. The zero-order valence-corrected chi connectivity index (χ0v) is 11.6. The predicted molar refractivity (Wildman–Crippen MR) is 73.8 cm³/mol. The highest BCUT2D eigenvalue weighted by molar-refractivity contribution is 5.75. The third kappa shape index (κ3) is 6.60. The van der Waals surface area contributed by atoms with Gasteiger partial charge < -0.3 is 10.1 Å². The highest BCUT2D eigenvalue weighted by atomic mass is 16.5. The molecule has 1 N–H and O–H groups in total. The third-order valence-electron chi connectivity index (χ3n) is 2.71. The summed E-state index contributed by atoms with van der Waals surface area (Å²) in [6.07, 6.45) is 1.49. The Balaban J connectivity index is 2.16. The fourth-order valence-corrected chi connectivity index (χ4v) is 1.67. The lowest BCUT2D eigenvalue weighted by molar-refractivity contribution is -0.143. The zero-order valence-electron chi connectivity index (χ0n) is 11.6. The second kappa shape index (κ2) is 8.29. The molecule has 1 aromatic carbocycles. The Kier molecular flexibility index (Phi) is 6.64. The maximum atomic E-state index is 11.5. The summed E-state index contributed by atoms with van der Waals surface area (Å²) in [7, 11) is 0. The smallest absolute Gasteiger partial charge is 0.306 e. The number of rotatable bonds is 7. The van der Waals surface area contributed by atoms with Crippen molar-refractivity contribution < 1.29 is 14.3 Å². The lowest BCUT2D eigenvalue weighted by atomic mass is 10.1. The van der Waals surface area contributed by atoms with Gasteiger partial charge in [-0.05, 0) is 18.9 Å². The number of hydrogen-bond donors (Lipinski definition) is 1. The number of esters is 1. The quantitative estimate of drug-likeness (QED) is 0.604. The molecule has 1 amide bonds. The summed E-state index contributed by atoms with van der Waals surface area (Å²) in [5.74, 6) is -0.261. The molecular formula is C15H21NO3. The van der Waals surface area contributed by atoms with Crippen molar-refractivity contribution in [1.29, 1.82) is 0 Å².